The summed E-state index contributed by atoms with van der Waals surface area (Å²) in [6, 6.07) is 4.66. The second-order valence-corrected chi connectivity index (χ2v) is 5.67. The molecular formula is C13H20N2OS. The van der Waals surface area contributed by atoms with Gasteiger partial charge in [-0.1, -0.05) is 6.92 Å². The van der Waals surface area contributed by atoms with Gasteiger partial charge in [0.05, 0.1) is 9.88 Å². The van der Waals surface area contributed by atoms with Crippen LogP contribution >= 0.6 is 11.3 Å². The number of hydrogen-bond acceptors (Lipinski definition) is 4. The van der Waals surface area contributed by atoms with E-state index in [2.05, 4.69) is 29.7 Å². The first-order valence-electron chi connectivity index (χ1n) is 6.28. The van der Waals surface area contributed by atoms with Gasteiger partial charge in [-0.15, -0.1) is 11.3 Å². The van der Waals surface area contributed by atoms with E-state index >= 15 is 0 Å². The molecule has 1 aromatic rings. The van der Waals surface area contributed by atoms with Gasteiger partial charge >= 0.3 is 0 Å². The molecule has 0 aromatic carbocycles. The topological polar surface area (TPSA) is 23.6 Å². The minimum atomic E-state index is 0.686. The summed E-state index contributed by atoms with van der Waals surface area (Å²) >= 11 is 1.59. The quantitative estimate of drug-likeness (QED) is 0.769. The molecule has 1 atom stereocenters. The van der Waals surface area contributed by atoms with Gasteiger partial charge < -0.3 is 4.90 Å². The van der Waals surface area contributed by atoms with Gasteiger partial charge in [0, 0.05) is 32.2 Å². The first-order valence-corrected chi connectivity index (χ1v) is 7.10. The molecule has 0 bridgehead atoms. The molecule has 17 heavy (non-hydrogen) atoms. The van der Waals surface area contributed by atoms with Crippen molar-refractivity contribution >= 4 is 22.6 Å². The van der Waals surface area contributed by atoms with Crippen LogP contribution in [0.1, 0.15) is 29.9 Å². The third-order valence-corrected chi connectivity index (χ3v) is 4.64. The minimum absolute atomic E-state index is 0.686. The summed E-state index contributed by atoms with van der Waals surface area (Å²) in [7, 11) is 0. The molecule has 3 nitrogen and oxygen atoms in total. The van der Waals surface area contributed by atoms with E-state index in [-0.39, 0.29) is 0 Å². The Morgan fingerprint density at radius 2 is 2.06 bits per heavy atom. The molecule has 1 fully saturated rings. The van der Waals surface area contributed by atoms with Crippen molar-refractivity contribution in [1.82, 2.24) is 4.90 Å². The van der Waals surface area contributed by atoms with Crippen LogP contribution in [-0.4, -0.2) is 43.4 Å². The zero-order chi connectivity index (χ0) is 12.3. The molecule has 2 rings (SSSR count). The van der Waals surface area contributed by atoms with E-state index in [1.54, 1.807) is 11.3 Å². The van der Waals surface area contributed by atoms with E-state index in [1.807, 2.05) is 6.07 Å². The molecule has 1 aliphatic rings. The third kappa shape index (κ3) is 2.87. The lowest BCUT2D eigenvalue weighted by atomic mass is 10.2. The second-order valence-electron chi connectivity index (χ2n) is 4.57. The van der Waals surface area contributed by atoms with Crippen molar-refractivity contribution in [3.05, 3.63) is 17.0 Å². The van der Waals surface area contributed by atoms with Crippen molar-refractivity contribution in [1.29, 1.82) is 0 Å². The molecule has 4 heteroatoms. The first kappa shape index (κ1) is 12.6. The Bertz CT molecular complexity index is 369. The van der Waals surface area contributed by atoms with Crippen molar-refractivity contribution in [2.24, 2.45) is 0 Å². The second kappa shape index (κ2) is 5.65. The number of carbonyl (C=O) groups excluding carboxylic acids is 1. The zero-order valence-electron chi connectivity index (χ0n) is 10.6. The summed E-state index contributed by atoms with van der Waals surface area (Å²) in [4.78, 5) is 16.4. The lowest BCUT2D eigenvalue weighted by Gasteiger charge is -2.38. The summed E-state index contributed by atoms with van der Waals surface area (Å²) < 4.78 is 0. The number of piperazine rings is 1. The maximum Gasteiger partial charge on any atom is 0.160 e. The van der Waals surface area contributed by atoms with Gasteiger partial charge in [0.1, 0.15) is 0 Å². The van der Waals surface area contributed by atoms with Crippen molar-refractivity contribution < 1.29 is 4.79 Å². The summed E-state index contributed by atoms with van der Waals surface area (Å²) in [5, 5.41) is 1.23. The number of rotatable bonds is 4. The molecule has 0 spiro atoms. The average molecular weight is 252 g/mol. The molecular weight excluding hydrogens is 232 g/mol. The van der Waals surface area contributed by atoms with E-state index in [1.165, 1.54) is 11.4 Å². The molecule has 0 amide bonds. The van der Waals surface area contributed by atoms with Crippen LogP contribution in [0.4, 0.5) is 5.00 Å². The van der Waals surface area contributed by atoms with Crippen LogP contribution in [0.3, 0.4) is 0 Å². The van der Waals surface area contributed by atoms with Crippen molar-refractivity contribution in [2.75, 3.05) is 31.1 Å². The number of hydrogen-bond donors (Lipinski definition) is 0. The van der Waals surface area contributed by atoms with Crippen molar-refractivity contribution in [2.45, 2.75) is 26.3 Å². The third-order valence-electron chi connectivity index (χ3n) is 3.57. The molecule has 0 aliphatic carbocycles. The van der Waals surface area contributed by atoms with Crippen LogP contribution < -0.4 is 4.90 Å². The Labute approximate surface area is 107 Å². The monoisotopic (exact) mass is 252 g/mol. The zero-order valence-corrected chi connectivity index (χ0v) is 11.4. The fourth-order valence-electron chi connectivity index (χ4n) is 2.22. The van der Waals surface area contributed by atoms with Gasteiger partial charge in [-0.25, -0.2) is 0 Å². The summed E-state index contributed by atoms with van der Waals surface area (Å²) in [5.41, 5.74) is 0. The summed E-state index contributed by atoms with van der Waals surface area (Å²) in [6.07, 6.45) is 2.15. The van der Waals surface area contributed by atoms with Crippen LogP contribution in [0, 0.1) is 0 Å². The van der Waals surface area contributed by atoms with E-state index in [9.17, 15) is 4.79 Å². The van der Waals surface area contributed by atoms with Gasteiger partial charge in [0.25, 0.3) is 0 Å². The molecule has 1 saturated heterocycles. The molecule has 0 radical (unpaired) electrons. The highest BCUT2D eigenvalue weighted by molar-refractivity contribution is 7.17. The van der Waals surface area contributed by atoms with Crippen molar-refractivity contribution in [3.8, 4) is 0 Å². The standard InChI is InChI=1S/C13H20N2OS/c1-3-11(2)14-6-8-15(9-7-14)13-5-4-12(10-16)17-13/h4-5,10-11H,3,6-9H2,1-2H3. The van der Waals surface area contributed by atoms with E-state index in [4.69, 9.17) is 0 Å². The average Bonchev–Trinajstić information content (AvgIpc) is 2.87. The number of nitrogens with zero attached hydrogens (tertiary/aromatic N) is 2. The molecule has 0 N–H and O–H groups in total. The fraction of sp³-hybridized carbons (Fsp3) is 0.615. The van der Waals surface area contributed by atoms with Gasteiger partial charge in [-0.05, 0) is 25.5 Å². The smallest absolute Gasteiger partial charge is 0.160 e. The maximum atomic E-state index is 10.7. The molecule has 94 valence electrons. The van der Waals surface area contributed by atoms with Crippen LogP contribution in [0.25, 0.3) is 0 Å². The number of aldehydes is 1. The highest BCUT2D eigenvalue weighted by Gasteiger charge is 2.20. The molecule has 0 saturated carbocycles. The summed E-state index contributed by atoms with van der Waals surface area (Å²) in [5.74, 6) is 0. The lowest BCUT2D eigenvalue weighted by Crippen LogP contribution is -2.49. The van der Waals surface area contributed by atoms with Crippen LogP contribution in [-0.2, 0) is 0 Å². The van der Waals surface area contributed by atoms with Gasteiger partial charge in [0.2, 0.25) is 0 Å². The Morgan fingerprint density at radius 3 is 2.59 bits per heavy atom. The molecule has 2 heterocycles. The normalized spacial score (nSPS) is 19.3. The van der Waals surface area contributed by atoms with Gasteiger partial charge in [-0.2, -0.15) is 0 Å². The van der Waals surface area contributed by atoms with Gasteiger partial charge in [0.15, 0.2) is 6.29 Å². The first-order chi connectivity index (χ1) is 8.24. The van der Waals surface area contributed by atoms with Crippen molar-refractivity contribution in [3.63, 3.8) is 0 Å². The highest BCUT2D eigenvalue weighted by atomic mass is 32.1. The fourth-order valence-corrected chi connectivity index (χ4v) is 3.09. The molecule has 1 unspecified atom stereocenters. The predicted molar refractivity (Wildman–Crippen MR) is 73.2 cm³/mol. The number of carbonyl (C=O) groups is 1. The highest BCUT2D eigenvalue weighted by Crippen LogP contribution is 2.26. The van der Waals surface area contributed by atoms with E-state index in [0.29, 0.717) is 6.04 Å². The van der Waals surface area contributed by atoms with Crippen LogP contribution in [0.15, 0.2) is 12.1 Å². The van der Waals surface area contributed by atoms with E-state index < -0.39 is 0 Å². The Hall–Kier alpha value is -0.870. The SMILES string of the molecule is CCC(C)N1CCN(c2ccc(C=O)s2)CC1. The predicted octanol–water partition coefficient (Wildman–Crippen LogP) is 2.48. The minimum Gasteiger partial charge on any atom is -0.361 e. The number of thiophene rings is 1. The van der Waals surface area contributed by atoms with Gasteiger partial charge in [-0.3, -0.25) is 9.69 Å². The molecule has 1 aliphatic heterocycles. The molecule has 1 aromatic heterocycles. The largest absolute Gasteiger partial charge is 0.361 e. The number of anilines is 1. The van der Waals surface area contributed by atoms with Crippen LogP contribution in [0.5, 0.6) is 0 Å². The van der Waals surface area contributed by atoms with E-state index in [0.717, 1.165) is 37.3 Å². The Kier molecular flexibility index (Phi) is 4.18. The Morgan fingerprint density at radius 1 is 1.35 bits per heavy atom. The summed E-state index contributed by atoms with van der Waals surface area (Å²) in [6.45, 7) is 8.94. The maximum absolute atomic E-state index is 10.7. The Balaban J connectivity index is 1.92. The van der Waals surface area contributed by atoms with Crippen LogP contribution in [0.2, 0.25) is 0 Å². The lowest BCUT2D eigenvalue weighted by molar-refractivity contribution is 0.112.